The lowest BCUT2D eigenvalue weighted by Gasteiger charge is -2.48. The van der Waals surface area contributed by atoms with E-state index in [9.17, 15) is 0 Å². The van der Waals surface area contributed by atoms with Gasteiger partial charge in [0.2, 0.25) is 0 Å². The van der Waals surface area contributed by atoms with Gasteiger partial charge in [0.05, 0.1) is 16.1 Å². The Morgan fingerprint density at radius 3 is 1.03 bits per heavy atom. The molecule has 0 unspecified atom stereocenters. The highest BCUT2D eigenvalue weighted by atomic mass is 31.1. The van der Waals surface area contributed by atoms with Crippen molar-refractivity contribution in [2.24, 2.45) is 0 Å². The summed E-state index contributed by atoms with van der Waals surface area (Å²) in [5.41, 5.74) is 0. The maximum atomic E-state index is 2.62. The molecule has 0 saturated heterocycles. The first-order valence-corrected chi connectivity index (χ1v) is 19.0. The molecule has 0 aliphatic heterocycles. The Hall–Kier alpha value is -2.26. The molecular weight excluding hydrogens is 435 g/mol. The van der Waals surface area contributed by atoms with Gasteiger partial charge in [-0.3, -0.25) is 0 Å². The summed E-state index contributed by atoms with van der Waals surface area (Å²) in [6.07, 6.45) is 0. The van der Waals surface area contributed by atoms with Gasteiger partial charge in [0.15, 0.2) is 0 Å². The minimum absolute atomic E-state index is 0.514. The van der Waals surface area contributed by atoms with Crippen LogP contribution in [0.5, 0.6) is 0 Å². The third kappa shape index (κ3) is 4.59. The second-order valence-electron chi connectivity index (χ2n) is 9.62. The Labute approximate surface area is 197 Å². The molecule has 0 N–H and O–H groups in total. The minimum Gasteiger partial charge on any atom is -0.0652 e. The summed E-state index contributed by atoms with van der Waals surface area (Å²) < 4.78 is 0. The third-order valence-corrected chi connectivity index (χ3v) is 25.1. The first kappa shape index (κ1) is 22.9. The van der Waals surface area contributed by atoms with Crippen molar-refractivity contribution in [3.63, 3.8) is 0 Å². The molecule has 0 heterocycles. The van der Waals surface area contributed by atoms with E-state index in [0.29, 0.717) is 4.91 Å². The number of hydrogen-bond donors (Lipinski definition) is 0. The smallest absolute Gasteiger partial charge is 0.0652 e. The molecule has 0 atom stereocenters. The van der Waals surface area contributed by atoms with Gasteiger partial charge in [-0.2, -0.15) is 0 Å². The lowest BCUT2D eigenvalue weighted by molar-refractivity contribution is 1.48. The summed E-state index contributed by atoms with van der Waals surface area (Å²) in [7, 11) is -4.24. The highest BCUT2D eigenvalue weighted by Gasteiger charge is 2.50. The van der Waals surface area contributed by atoms with E-state index >= 15 is 0 Å². The van der Waals surface area contributed by atoms with Crippen LogP contribution in [0.3, 0.4) is 0 Å². The van der Waals surface area contributed by atoms with Crippen molar-refractivity contribution in [2.75, 3.05) is 0 Å². The van der Waals surface area contributed by atoms with E-state index in [4.69, 9.17) is 0 Å². The van der Waals surface area contributed by atoms with Crippen LogP contribution in [0, 0.1) is 0 Å². The van der Waals surface area contributed by atoms with Crippen molar-refractivity contribution < 1.29 is 0 Å². The molecule has 4 rings (SSSR count). The van der Waals surface area contributed by atoms with Gasteiger partial charge >= 0.3 is 0 Å². The fourth-order valence-electron chi connectivity index (χ4n) is 5.22. The van der Waals surface area contributed by atoms with Crippen molar-refractivity contribution in [2.45, 2.75) is 31.1 Å². The zero-order chi connectivity index (χ0) is 22.6. The minimum atomic E-state index is -1.87. The molecule has 0 radical (unpaired) electrons. The summed E-state index contributed by atoms with van der Waals surface area (Å²) in [6.45, 7) is 10.5. The SMILES string of the molecule is C[Si](C)(c1ccccc1)C(P(c1ccccc1)c1ccccc1)[Si](C)(C)c1ccccc1. The number of benzene rings is 4. The molecule has 0 aliphatic carbocycles. The van der Waals surface area contributed by atoms with Gasteiger partial charge in [-0.15, -0.1) is 0 Å². The Kier molecular flexibility index (Phi) is 6.95. The van der Waals surface area contributed by atoms with Crippen LogP contribution in [0.4, 0.5) is 0 Å². The van der Waals surface area contributed by atoms with Gasteiger partial charge < -0.3 is 0 Å². The Bertz CT molecular complexity index is 1020. The van der Waals surface area contributed by atoms with Crippen LogP contribution in [-0.2, 0) is 0 Å². The van der Waals surface area contributed by atoms with Gasteiger partial charge in [-0.05, 0) is 23.4 Å². The van der Waals surface area contributed by atoms with Gasteiger partial charge in [-0.25, -0.2) is 0 Å². The highest BCUT2D eigenvalue weighted by Crippen LogP contribution is 2.48. The molecular formula is C29H33PSi2. The first-order chi connectivity index (χ1) is 15.4. The second kappa shape index (κ2) is 9.71. The molecule has 0 nitrogen and oxygen atoms in total. The van der Waals surface area contributed by atoms with Crippen molar-refractivity contribution in [1.29, 1.82) is 0 Å². The lowest BCUT2D eigenvalue weighted by Crippen LogP contribution is -2.67. The molecule has 162 valence electrons. The third-order valence-electron chi connectivity index (χ3n) is 6.73. The standard InChI is InChI=1S/C29H33PSi2/c1-31(2,27-21-13-7-14-22-27)29(32(3,4)28-23-15-8-16-24-28)30(25-17-9-5-10-18-25)26-19-11-6-12-20-26/h5-24,29H,1-4H3. The van der Waals surface area contributed by atoms with E-state index in [-0.39, 0.29) is 0 Å². The highest BCUT2D eigenvalue weighted by molar-refractivity contribution is 7.79. The van der Waals surface area contributed by atoms with Crippen LogP contribution in [0.15, 0.2) is 121 Å². The molecule has 3 heteroatoms. The van der Waals surface area contributed by atoms with Crippen LogP contribution in [-0.4, -0.2) is 21.1 Å². The van der Waals surface area contributed by atoms with Gasteiger partial charge in [-0.1, -0.05) is 158 Å². The average molecular weight is 469 g/mol. The zero-order valence-corrected chi connectivity index (χ0v) is 22.5. The summed E-state index contributed by atoms with van der Waals surface area (Å²) >= 11 is 0. The van der Waals surface area contributed by atoms with Gasteiger partial charge in [0, 0.05) is 0 Å². The van der Waals surface area contributed by atoms with Crippen LogP contribution in [0.2, 0.25) is 26.2 Å². The molecule has 4 aromatic rings. The summed E-state index contributed by atoms with van der Waals surface area (Å²) in [4.78, 5) is 0.652. The zero-order valence-electron chi connectivity index (χ0n) is 19.6. The molecule has 0 saturated carbocycles. The average Bonchev–Trinajstić information content (AvgIpc) is 2.84. The molecule has 0 amide bonds. The van der Waals surface area contributed by atoms with E-state index < -0.39 is 24.1 Å². The van der Waals surface area contributed by atoms with E-state index in [2.05, 4.69) is 148 Å². The van der Waals surface area contributed by atoms with Crippen molar-refractivity contribution >= 4 is 45.1 Å². The van der Waals surface area contributed by atoms with Crippen LogP contribution >= 0.6 is 7.92 Å². The molecule has 0 aromatic heterocycles. The fourth-order valence-corrected chi connectivity index (χ4v) is 25.9. The van der Waals surface area contributed by atoms with Crippen LogP contribution < -0.4 is 21.0 Å². The van der Waals surface area contributed by atoms with Crippen molar-refractivity contribution in [3.05, 3.63) is 121 Å². The summed E-state index contributed by atoms with van der Waals surface area (Å²) in [5, 5.41) is 6.15. The predicted octanol–water partition coefficient (Wildman–Crippen LogP) is 5.80. The van der Waals surface area contributed by atoms with Crippen molar-refractivity contribution in [3.8, 4) is 0 Å². The fraction of sp³-hybridized carbons (Fsp3) is 0.172. The summed E-state index contributed by atoms with van der Waals surface area (Å²) in [6, 6.07) is 45.4. The molecule has 0 spiro atoms. The molecule has 0 fully saturated rings. The topological polar surface area (TPSA) is 0 Å². The van der Waals surface area contributed by atoms with Gasteiger partial charge in [0.25, 0.3) is 0 Å². The van der Waals surface area contributed by atoms with E-state index in [1.54, 1.807) is 10.4 Å². The van der Waals surface area contributed by atoms with E-state index in [1.807, 2.05) is 0 Å². The van der Waals surface area contributed by atoms with E-state index in [0.717, 1.165) is 0 Å². The quantitative estimate of drug-likeness (QED) is 0.238. The van der Waals surface area contributed by atoms with Crippen LogP contribution in [0.1, 0.15) is 0 Å². The largest absolute Gasteiger partial charge is 0.0862 e. The molecule has 0 aliphatic rings. The molecule has 4 aromatic carbocycles. The predicted molar refractivity (Wildman–Crippen MR) is 150 cm³/mol. The second-order valence-corrected chi connectivity index (χ2v) is 22.7. The number of rotatable bonds is 7. The van der Waals surface area contributed by atoms with Crippen LogP contribution in [0.25, 0.3) is 0 Å². The Balaban J connectivity index is 1.99. The normalized spacial score (nSPS) is 12.3. The van der Waals surface area contributed by atoms with E-state index in [1.165, 1.54) is 10.6 Å². The Morgan fingerprint density at radius 2 is 0.719 bits per heavy atom. The molecule has 32 heavy (non-hydrogen) atoms. The maximum Gasteiger partial charge on any atom is 0.0862 e. The lowest BCUT2D eigenvalue weighted by atomic mass is 10.4. The first-order valence-electron chi connectivity index (χ1n) is 11.4. The summed E-state index contributed by atoms with van der Waals surface area (Å²) in [5.74, 6) is 0. The Morgan fingerprint density at radius 1 is 0.438 bits per heavy atom. The maximum absolute atomic E-state index is 2.62. The van der Waals surface area contributed by atoms with Gasteiger partial charge in [0.1, 0.15) is 0 Å². The monoisotopic (exact) mass is 468 g/mol. The van der Waals surface area contributed by atoms with Crippen molar-refractivity contribution in [1.82, 2.24) is 0 Å². The number of hydrogen-bond acceptors (Lipinski definition) is 0. The molecule has 0 bridgehead atoms.